The molecule has 4 rings (SSSR count). The molecule has 1 N–H and O–H groups in total. The van der Waals surface area contributed by atoms with E-state index in [1.54, 1.807) is 7.11 Å². The van der Waals surface area contributed by atoms with E-state index in [0.717, 1.165) is 11.6 Å². The number of ether oxygens (including phenoxy) is 2. The summed E-state index contributed by atoms with van der Waals surface area (Å²) in [6.45, 7) is 3.88. The number of hydrogen-bond donors (Lipinski definition) is 1. The van der Waals surface area contributed by atoms with Gasteiger partial charge in [-0.1, -0.05) is 35.6 Å². The van der Waals surface area contributed by atoms with E-state index in [4.69, 9.17) is 9.47 Å². The highest BCUT2D eigenvalue weighted by Crippen LogP contribution is 2.37. The molecule has 0 bridgehead atoms. The molecule has 0 spiro atoms. The molecule has 2 aliphatic heterocycles. The molecule has 31 heavy (non-hydrogen) atoms. The zero-order valence-electron chi connectivity index (χ0n) is 18.4. The smallest absolute Gasteiger partial charge is 0.232 e. The summed E-state index contributed by atoms with van der Waals surface area (Å²) in [5.74, 6) is 0.581. The lowest BCUT2D eigenvalue weighted by Crippen LogP contribution is -2.42. The van der Waals surface area contributed by atoms with Crippen molar-refractivity contribution in [1.29, 1.82) is 0 Å². The second-order valence-electron chi connectivity index (χ2n) is 8.80. The van der Waals surface area contributed by atoms with Crippen molar-refractivity contribution in [2.45, 2.75) is 44.6 Å². The highest BCUT2D eigenvalue weighted by atomic mass is 32.1. The maximum absolute atomic E-state index is 13.4. The number of aromatic nitrogens is 2. The molecule has 7 nitrogen and oxygen atoms in total. The van der Waals surface area contributed by atoms with Gasteiger partial charge in [0.15, 0.2) is 0 Å². The molecule has 2 aromatic rings. The molecule has 0 aliphatic carbocycles. The second-order valence-corrected chi connectivity index (χ2v) is 9.87. The van der Waals surface area contributed by atoms with Crippen LogP contribution in [0.1, 0.15) is 47.7 Å². The number of carbonyl (C=O) groups is 1. The molecule has 3 heterocycles. The standard InChI is InChI=1S/C23H32N4O3S/c1-27-10-4-7-19(15-27)18-6-3-5-17(13-18)14-23(8-11-30-12-9-23)21(28)24-22-26-25-20(31-22)16-29-2/h3,5-6,13,19H,4,7-12,14-16H2,1-2H3,(H,24,26,28)/t19-/m0/s1. The lowest BCUT2D eigenvalue weighted by atomic mass is 9.74. The molecule has 1 amide bonds. The van der Waals surface area contributed by atoms with Gasteiger partial charge in [0, 0.05) is 26.9 Å². The number of amides is 1. The summed E-state index contributed by atoms with van der Waals surface area (Å²) in [6.07, 6.45) is 4.59. The molecule has 2 aliphatic rings. The Hall–Kier alpha value is -1.87. The summed E-state index contributed by atoms with van der Waals surface area (Å²) in [4.78, 5) is 15.8. The summed E-state index contributed by atoms with van der Waals surface area (Å²) in [6, 6.07) is 8.85. The van der Waals surface area contributed by atoms with Crippen LogP contribution in [0.4, 0.5) is 5.13 Å². The van der Waals surface area contributed by atoms with Crippen molar-refractivity contribution in [3.05, 3.63) is 40.4 Å². The number of rotatable bonds is 7. The van der Waals surface area contributed by atoms with Crippen molar-refractivity contribution < 1.29 is 14.3 Å². The van der Waals surface area contributed by atoms with Crippen LogP contribution in [0.25, 0.3) is 0 Å². The Labute approximate surface area is 188 Å². The first-order chi connectivity index (χ1) is 15.1. The second kappa shape index (κ2) is 10.2. The molecule has 1 atom stereocenters. The Balaban J connectivity index is 1.51. The van der Waals surface area contributed by atoms with Gasteiger partial charge in [-0.3, -0.25) is 4.79 Å². The molecule has 0 saturated carbocycles. The molecule has 168 valence electrons. The van der Waals surface area contributed by atoms with Crippen molar-refractivity contribution in [1.82, 2.24) is 15.1 Å². The Morgan fingerprint density at radius 3 is 2.97 bits per heavy atom. The predicted molar refractivity (Wildman–Crippen MR) is 121 cm³/mol. The van der Waals surface area contributed by atoms with Crippen molar-refractivity contribution in [2.75, 3.05) is 45.8 Å². The lowest BCUT2D eigenvalue weighted by Gasteiger charge is -2.36. The third kappa shape index (κ3) is 5.49. The number of nitrogens with zero attached hydrogens (tertiary/aromatic N) is 3. The summed E-state index contributed by atoms with van der Waals surface area (Å²) < 4.78 is 10.7. The average molecular weight is 445 g/mol. The minimum atomic E-state index is -0.493. The third-order valence-electron chi connectivity index (χ3n) is 6.48. The quantitative estimate of drug-likeness (QED) is 0.705. The minimum Gasteiger partial charge on any atom is -0.381 e. The fraction of sp³-hybridized carbons (Fsp3) is 0.609. The summed E-state index contributed by atoms with van der Waals surface area (Å²) in [7, 11) is 3.82. The van der Waals surface area contributed by atoms with Gasteiger partial charge in [0.1, 0.15) is 11.6 Å². The van der Waals surface area contributed by atoms with Crippen molar-refractivity contribution in [3.8, 4) is 0 Å². The van der Waals surface area contributed by atoms with Gasteiger partial charge in [-0.15, -0.1) is 10.2 Å². The van der Waals surface area contributed by atoms with Crippen LogP contribution in [0.15, 0.2) is 24.3 Å². The first-order valence-corrected chi connectivity index (χ1v) is 11.9. The minimum absolute atomic E-state index is 0.0127. The topological polar surface area (TPSA) is 76.6 Å². The Kier molecular flexibility index (Phi) is 7.32. The van der Waals surface area contributed by atoms with Crippen LogP contribution in [0, 0.1) is 5.41 Å². The van der Waals surface area contributed by atoms with Crippen molar-refractivity contribution >= 4 is 22.4 Å². The van der Waals surface area contributed by atoms with E-state index < -0.39 is 5.41 Å². The molecular formula is C23H32N4O3S. The number of carbonyl (C=O) groups excluding carboxylic acids is 1. The molecule has 2 fully saturated rings. The summed E-state index contributed by atoms with van der Waals surface area (Å²) >= 11 is 1.36. The van der Waals surface area contributed by atoms with E-state index in [1.165, 1.54) is 41.9 Å². The number of likely N-dealkylation sites (tertiary alicyclic amines) is 1. The fourth-order valence-electron chi connectivity index (χ4n) is 4.75. The van der Waals surface area contributed by atoms with Gasteiger partial charge in [0.2, 0.25) is 11.0 Å². The highest BCUT2D eigenvalue weighted by molar-refractivity contribution is 7.15. The van der Waals surface area contributed by atoms with Gasteiger partial charge >= 0.3 is 0 Å². The number of methoxy groups -OCH3 is 1. The maximum Gasteiger partial charge on any atom is 0.232 e. The number of benzene rings is 1. The fourth-order valence-corrected chi connectivity index (χ4v) is 5.46. The van der Waals surface area contributed by atoms with Gasteiger partial charge in [-0.05, 0) is 62.7 Å². The zero-order valence-corrected chi connectivity index (χ0v) is 19.2. The van der Waals surface area contributed by atoms with Gasteiger partial charge < -0.3 is 19.7 Å². The van der Waals surface area contributed by atoms with E-state index in [-0.39, 0.29) is 5.91 Å². The van der Waals surface area contributed by atoms with Crippen molar-refractivity contribution in [2.24, 2.45) is 5.41 Å². The SMILES string of the molecule is COCc1nnc(NC(=O)C2(Cc3cccc([C@H]4CCCN(C)C4)c3)CCOCC2)s1. The first kappa shape index (κ1) is 22.3. The van der Waals surface area contributed by atoms with Crippen LogP contribution >= 0.6 is 11.3 Å². The molecule has 0 radical (unpaired) electrons. The number of piperidine rings is 1. The number of anilines is 1. The van der Waals surface area contributed by atoms with Gasteiger partial charge in [-0.25, -0.2) is 0 Å². The van der Waals surface area contributed by atoms with Crippen LogP contribution in [-0.2, 0) is 27.3 Å². The normalized spacial score (nSPS) is 21.7. The van der Waals surface area contributed by atoms with Crippen LogP contribution < -0.4 is 5.32 Å². The van der Waals surface area contributed by atoms with E-state index in [0.29, 0.717) is 50.1 Å². The largest absolute Gasteiger partial charge is 0.381 e. The van der Waals surface area contributed by atoms with Crippen LogP contribution in [0.5, 0.6) is 0 Å². The van der Waals surface area contributed by atoms with Crippen LogP contribution in [0.2, 0.25) is 0 Å². The number of nitrogens with one attached hydrogen (secondary N) is 1. The summed E-state index contributed by atoms with van der Waals surface area (Å²) in [5.41, 5.74) is 2.12. The molecular weight excluding hydrogens is 412 g/mol. The number of hydrogen-bond acceptors (Lipinski definition) is 7. The zero-order chi connectivity index (χ0) is 21.7. The number of likely N-dealkylation sites (N-methyl/N-ethyl adjacent to an activating group) is 1. The van der Waals surface area contributed by atoms with Crippen LogP contribution in [0.3, 0.4) is 0 Å². The van der Waals surface area contributed by atoms with Crippen molar-refractivity contribution in [3.63, 3.8) is 0 Å². The first-order valence-electron chi connectivity index (χ1n) is 11.1. The molecule has 1 aromatic heterocycles. The maximum atomic E-state index is 13.4. The van der Waals surface area contributed by atoms with E-state index in [2.05, 4.69) is 51.7 Å². The average Bonchev–Trinajstić information content (AvgIpc) is 3.22. The van der Waals surface area contributed by atoms with Gasteiger partial charge in [0.05, 0.1) is 5.41 Å². The van der Waals surface area contributed by atoms with Gasteiger partial charge in [0.25, 0.3) is 0 Å². The predicted octanol–water partition coefficient (Wildman–Crippen LogP) is 3.47. The third-order valence-corrected chi connectivity index (χ3v) is 7.29. The lowest BCUT2D eigenvalue weighted by molar-refractivity contribution is -0.131. The molecule has 8 heteroatoms. The van der Waals surface area contributed by atoms with E-state index in [9.17, 15) is 4.79 Å². The van der Waals surface area contributed by atoms with E-state index >= 15 is 0 Å². The van der Waals surface area contributed by atoms with Crippen LogP contribution in [-0.4, -0.2) is 61.5 Å². The highest BCUT2D eigenvalue weighted by Gasteiger charge is 2.40. The Morgan fingerprint density at radius 2 is 2.19 bits per heavy atom. The van der Waals surface area contributed by atoms with E-state index in [1.807, 2.05) is 0 Å². The summed E-state index contributed by atoms with van der Waals surface area (Å²) in [5, 5.41) is 12.5. The monoisotopic (exact) mass is 444 g/mol. The molecule has 1 aromatic carbocycles. The molecule has 2 saturated heterocycles. The Morgan fingerprint density at radius 1 is 1.35 bits per heavy atom. The Bertz CT molecular complexity index is 881. The van der Waals surface area contributed by atoms with Gasteiger partial charge in [-0.2, -0.15) is 0 Å². The molecule has 0 unspecified atom stereocenters.